The number of rotatable bonds is 8. The molecule has 1 amide bonds. The monoisotopic (exact) mass is 577 g/mol. The van der Waals surface area contributed by atoms with Crippen molar-refractivity contribution in [1.82, 2.24) is 0 Å². The molecule has 2 aromatic rings. The highest BCUT2D eigenvalue weighted by atomic mass is 32.2. The standard InChI is InChI=1S/C14H19N3O3S.C13H16O4S/c1-5-9-6-10(8(2)3)12(21(4,19)20)7-11(9)13(18)17-14(15)16;1-5-9-6-10(8(2)3)12(18(4,16)17)7-11(9)13(14)15/h6-7H,2,5H2,1,3-4H3,(H4,15,16,17,18);6-7H,2,5H2,1,3-4H3,(H,14,15). The van der Waals surface area contributed by atoms with E-state index in [2.05, 4.69) is 18.2 Å². The lowest BCUT2D eigenvalue weighted by Crippen LogP contribution is -2.24. The average Bonchev–Trinajstić information content (AvgIpc) is 2.80. The molecule has 0 aliphatic rings. The van der Waals surface area contributed by atoms with Gasteiger partial charge in [0.2, 0.25) is 0 Å². The molecule has 2 rings (SSSR count). The smallest absolute Gasteiger partial charge is 0.336 e. The normalized spacial score (nSPS) is 11.1. The lowest BCUT2D eigenvalue weighted by atomic mass is 9.98. The van der Waals surface area contributed by atoms with E-state index in [-0.39, 0.29) is 26.9 Å². The summed E-state index contributed by atoms with van der Waals surface area (Å²) in [5, 5.41) is 9.10. The maximum atomic E-state index is 12.0. The van der Waals surface area contributed by atoms with Gasteiger partial charge in [0.1, 0.15) is 0 Å². The summed E-state index contributed by atoms with van der Waals surface area (Å²) in [6.45, 7) is 14.6. The Labute approximate surface area is 230 Å². The Morgan fingerprint density at radius 2 is 1.13 bits per heavy atom. The molecule has 212 valence electrons. The van der Waals surface area contributed by atoms with E-state index in [9.17, 15) is 26.4 Å². The highest BCUT2D eigenvalue weighted by molar-refractivity contribution is 7.91. The molecule has 0 heterocycles. The Hall–Kier alpha value is -3.77. The molecule has 0 saturated heterocycles. The third kappa shape index (κ3) is 8.62. The van der Waals surface area contributed by atoms with Gasteiger partial charge in [-0.3, -0.25) is 4.79 Å². The second-order valence-electron chi connectivity index (χ2n) is 8.97. The third-order valence-electron chi connectivity index (χ3n) is 5.58. The number of benzene rings is 2. The van der Waals surface area contributed by atoms with Gasteiger partial charge in [-0.1, -0.05) is 27.0 Å². The van der Waals surface area contributed by atoms with Crippen molar-refractivity contribution in [2.45, 2.75) is 50.3 Å². The van der Waals surface area contributed by atoms with Gasteiger partial charge < -0.3 is 16.6 Å². The van der Waals surface area contributed by atoms with Crippen molar-refractivity contribution in [2.24, 2.45) is 16.5 Å². The van der Waals surface area contributed by atoms with Crippen LogP contribution in [0.5, 0.6) is 0 Å². The van der Waals surface area contributed by atoms with Crippen molar-refractivity contribution in [3.05, 3.63) is 70.8 Å². The van der Waals surface area contributed by atoms with E-state index in [1.54, 1.807) is 26.0 Å². The molecular formula is C27H35N3O7S2. The Bertz CT molecular complexity index is 1580. The van der Waals surface area contributed by atoms with E-state index >= 15 is 0 Å². The number of allylic oxidation sites excluding steroid dienone is 2. The van der Waals surface area contributed by atoms with Crippen LogP contribution in [0.4, 0.5) is 0 Å². The number of amides is 1. The zero-order chi connectivity index (χ0) is 30.5. The summed E-state index contributed by atoms with van der Waals surface area (Å²) < 4.78 is 47.2. The predicted octanol–water partition coefficient (Wildman–Crippen LogP) is 3.48. The average molecular weight is 578 g/mol. The summed E-state index contributed by atoms with van der Waals surface area (Å²) in [6.07, 6.45) is 3.19. The van der Waals surface area contributed by atoms with E-state index in [0.717, 1.165) is 12.5 Å². The first kappa shape index (κ1) is 33.3. The second-order valence-corrected chi connectivity index (χ2v) is 12.9. The molecule has 0 fully saturated rings. The maximum absolute atomic E-state index is 12.0. The van der Waals surface area contributed by atoms with Gasteiger partial charge in [-0.2, -0.15) is 4.99 Å². The highest BCUT2D eigenvalue weighted by Gasteiger charge is 2.21. The lowest BCUT2D eigenvalue weighted by molar-refractivity contribution is 0.0695. The van der Waals surface area contributed by atoms with Gasteiger partial charge in [0, 0.05) is 18.1 Å². The number of hydrogen-bond acceptors (Lipinski definition) is 6. The van der Waals surface area contributed by atoms with Crippen LogP contribution in [0, 0.1) is 0 Å². The van der Waals surface area contributed by atoms with E-state index in [0.29, 0.717) is 46.2 Å². The maximum Gasteiger partial charge on any atom is 0.336 e. The number of aromatic carboxylic acids is 1. The summed E-state index contributed by atoms with van der Waals surface area (Å²) in [7, 11) is -7.00. The summed E-state index contributed by atoms with van der Waals surface area (Å²) in [6, 6.07) is 5.78. The van der Waals surface area contributed by atoms with Gasteiger partial charge in [-0.25, -0.2) is 21.6 Å². The molecule has 0 bridgehead atoms. The molecule has 0 radical (unpaired) electrons. The zero-order valence-electron chi connectivity index (χ0n) is 23.0. The fourth-order valence-electron chi connectivity index (χ4n) is 3.69. The predicted molar refractivity (Wildman–Crippen MR) is 154 cm³/mol. The number of carbonyl (C=O) groups excluding carboxylic acids is 1. The van der Waals surface area contributed by atoms with Crippen LogP contribution in [0.3, 0.4) is 0 Å². The summed E-state index contributed by atoms with van der Waals surface area (Å²) in [4.78, 5) is 26.7. The second kappa shape index (κ2) is 12.9. The van der Waals surface area contributed by atoms with Crippen molar-refractivity contribution < 1.29 is 31.5 Å². The van der Waals surface area contributed by atoms with Crippen LogP contribution < -0.4 is 11.5 Å². The van der Waals surface area contributed by atoms with Crippen molar-refractivity contribution in [1.29, 1.82) is 0 Å². The van der Waals surface area contributed by atoms with Gasteiger partial charge in [0.05, 0.1) is 15.4 Å². The first-order chi connectivity index (χ1) is 17.8. The van der Waals surface area contributed by atoms with Crippen molar-refractivity contribution in [3.8, 4) is 0 Å². The highest BCUT2D eigenvalue weighted by Crippen LogP contribution is 2.28. The van der Waals surface area contributed by atoms with Gasteiger partial charge in [-0.15, -0.1) is 0 Å². The topological polar surface area (TPSA) is 187 Å². The van der Waals surface area contributed by atoms with Gasteiger partial charge in [0.15, 0.2) is 25.6 Å². The van der Waals surface area contributed by atoms with Crippen LogP contribution >= 0.6 is 0 Å². The van der Waals surface area contributed by atoms with Crippen molar-refractivity contribution in [2.75, 3.05) is 12.5 Å². The Morgan fingerprint density at radius 1 is 0.769 bits per heavy atom. The summed E-state index contributed by atoms with van der Waals surface area (Å²) in [5.74, 6) is -2.15. The van der Waals surface area contributed by atoms with E-state index in [1.165, 1.54) is 12.1 Å². The van der Waals surface area contributed by atoms with E-state index < -0.39 is 31.6 Å². The largest absolute Gasteiger partial charge is 0.478 e. The molecule has 0 aliphatic heterocycles. The lowest BCUT2D eigenvalue weighted by Gasteiger charge is -2.13. The van der Waals surface area contributed by atoms with Crippen molar-refractivity contribution >= 4 is 48.7 Å². The van der Waals surface area contributed by atoms with Crippen LogP contribution in [0.25, 0.3) is 11.1 Å². The van der Waals surface area contributed by atoms with Gasteiger partial charge >= 0.3 is 5.97 Å². The van der Waals surface area contributed by atoms with Gasteiger partial charge in [-0.05, 0) is 84.4 Å². The molecule has 0 aliphatic carbocycles. The molecule has 2 aromatic carbocycles. The van der Waals surface area contributed by atoms with Crippen LogP contribution in [-0.4, -0.2) is 52.3 Å². The minimum Gasteiger partial charge on any atom is -0.478 e. The minimum atomic E-state index is -3.51. The molecule has 0 unspecified atom stereocenters. The Kier molecular flexibility index (Phi) is 11.0. The molecule has 10 nitrogen and oxygen atoms in total. The number of carbonyl (C=O) groups is 2. The minimum absolute atomic E-state index is 0.0181. The molecule has 0 saturated carbocycles. The number of nitrogens with two attached hydrogens (primary N) is 2. The molecule has 5 N–H and O–H groups in total. The number of sulfone groups is 2. The molecule has 12 heteroatoms. The molecule has 0 aromatic heterocycles. The summed E-state index contributed by atoms with van der Waals surface area (Å²) >= 11 is 0. The zero-order valence-corrected chi connectivity index (χ0v) is 24.6. The van der Waals surface area contributed by atoms with Crippen LogP contribution in [-0.2, 0) is 32.5 Å². The molecule has 39 heavy (non-hydrogen) atoms. The Morgan fingerprint density at radius 3 is 1.41 bits per heavy atom. The SMILES string of the molecule is C=C(C)c1cc(CC)c(C(=O)N=C(N)N)cc1S(C)(=O)=O.C=C(C)c1cc(CC)c(C(=O)O)cc1S(C)(=O)=O. The van der Waals surface area contributed by atoms with Crippen molar-refractivity contribution in [3.63, 3.8) is 0 Å². The number of carboxylic acid groups (broad SMARTS) is 1. The fraction of sp³-hybridized carbons (Fsp3) is 0.296. The van der Waals surface area contributed by atoms with Crippen LogP contribution in [0.1, 0.15) is 70.7 Å². The first-order valence-electron chi connectivity index (χ1n) is 11.7. The first-order valence-corrected chi connectivity index (χ1v) is 15.5. The number of aliphatic imine (C=N–C) groups is 1. The summed E-state index contributed by atoms with van der Waals surface area (Å²) in [5.41, 5.74) is 14.1. The van der Waals surface area contributed by atoms with E-state index in [1.807, 2.05) is 13.8 Å². The molecule has 0 spiro atoms. The molecule has 0 atom stereocenters. The number of nitrogens with zero attached hydrogens (tertiary/aromatic N) is 1. The third-order valence-corrected chi connectivity index (χ3v) is 7.86. The van der Waals surface area contributed by atoms with Crippen LogP contribution in [0.2, 0.25) is 0 Å². The number of hydrogen-bond donors (Lipinski definition) is 3. The fourth-order valence-corrected chi connectivity index (χ4v) is 5.62. The quantitative estimate of drug-likeness (QED) is 0.312. The molecular weight excluding hydrogens is 542 g/mol. The van der Waals surface area contributed by atoms with E-state index in [4.69, 9.17) is 16.6 Å². The Balaban J connectivity index is 0.000000395. The van der Waals surface area contributed by atoms with Gasteiger partial charge in [0.25, 0.3) is 5.91 Å². The number of carboxylic acids is 1. The number of guanidine groups is 1. The van der Waals surface area contributed by atoms with Crippen LogP contribution in [0.15, 0.2) is 52.2 Å². The number of aryl methyl sites for hydroxylation is 2.